The Balaban J connectivity index is 1.84. The Morgan fingerprint density at radius 2 is 1.52 bits per heavy atom. The van der Waals surface area contributed by atoms with Crippen molar-refractivity contribution >= 4 is 40.9 Å². The van der Waals surface area contributed by atoms with E-state index in [1.54, 1.807) is 12.1 Å². The van der Waals surface area contributed by atoms with E-state index < -0.39 is 11.2 Å². The van der Waals surface area contributed by atoms with E-state index in [4.69, 9.17) is 0 Å². The molecule has 0 saturated carbocycles. The molecule has 2 amide bonds. The van der Waals surface area contributed by atoms with Gasteiger partial charge in [0, 0.05) is 23.2 Å². The fourth-order valence-electron chi connectivity index (χ4n) is 2.85. The average molecular weight is 436 g/mol. The van der Waals surface area contributed by atoms with E-state index in [0.29, 0.717) is 5.69 Å². The second-order valence-corrected chi connectivity index (χ2v) is 7.82. The van der Waals surface area contributed by atoms with Crippen LogP contribution in [0.1, 0.15) is 28.1 Å². The summed E-state index contributed by atoms with van der Waals surface area (Å²) in [5, 5.41) is 23.7. The van der Waals surface area contributed by atoms with Crippen LogP contribution in [0.5, 0.6) is 5.75 Å². The number of thioether (sulfide) groups is 1. The average Bonchev–Trinajstić information content (AvgIpc) is 2.74. The van der Waals surface area contributed by atoms with Crippen molar-refractivity contribution in [1.29, 1.82) is 0 Å². The molecule has 0 bridgehead atoms. The number of hydrogen-bond acceptors (Lipinski definition) is 5. The molecule has 0 aromatic heterocycles. The zero-order chi connectivity index (χ0) is 22.4. The Bertz CT molecular complexity index is 1100. The zero-order valence-electron chi connectivity index (χ0n) is 16.5. The van der Waals surface area contributed by atoms with Gasteiger partial charge in [0.05, 0.1) is 0 Å². The fourth-order valence-corrected chi connectivity index (χ4v) is 3.87. The van der Waals surface area contributed by atoms with Crippen molar-refractivity contribution in [2.45, 2.75) is 17.1 Å². The molecule has 3 aromatic carbocycles. The lowest BCUT2D eigenvalue weighted by atomic mass is 10.1. The van der Waals surface area contributed by atoms with E-state index in [-0.39, 0.29) is 28.8 Å². The van der Waals surface area contributed by atoms with Crippen LogP contribution in [0.3, 0.4) is 0 Å². The van der Waals surface area contributed by atoms with E-state index in [9.17, 15) is 24.6 Å². The number of benzene rings is 3. The molecule has 1 unspecified atom stereocenters. The molecule has 0 aliphatic rings. The number of carboxylic acid groups (broad SMARTS) is 1. The smallest absolute Gasteiger partial charge is 0.339 e. The van der Waals surface area contributed by atoms with E-state index in [0.717, 1.165) is 10.5 Å². The van der Waals surface area contributed by atoms with Crippen molar-refractivity contribution < 1.29 is 24.6 Å². The second kappa shape index (κ2) is 9.82. The first-order valence-electron chi connectivity index (χ1n) is 9.30. The quantitative estimate of drug-likeness (QED) is 0.320. The molecule has 8 heteroatoms. The maximum atomic E-state index is 13.1. The summed E-state index contributed by atoms with van der Waals surface area (Å²) in [5.41, 5.74) is 1.40. The molecule has 3 rings (SSSR count). The lowest BCUT2D eigenvalue weighted by molar-refractivity contribution is -0.116. The van der Waals surface area contributed by atoms with Crippen LogP contribution < -0.4 is 10.6 Å². The van der Waals surface area contributed by atoms with Crippen molar-refractivity contribution in [1.82, 2.24) is 0 Å². The summed E-state index contributed by atoms with van der Waals surface area (Å²) in [5.74, 6) is -2.18. The van der Waals surface area contributed by atoms with Crippen LogP contribution in [0.4, 0.5) is 11.4 Å². The monoisotopic (exact) mass is 436 g/mol. The molecule has 0 fully saturated rings. The summed E-state index contributed by atoms with van der Waals surface area (Å²) in [6.07, 6.45) is 0. The number of carbonyl (C=O) groups excluding carboxylic acids is 2. The molecule has 3 aromatic rings. The SMILES string of the molecule is CC(=O)Nc1ccc(SC(C(=O)Nc2ccc(O)c(C(=O)O)c2)c2ccccc2)cc1. The minimum Gasteiger partial charge on any atom is -0.507 e. The summed E-state index contributed by atoms with van der Waals surface area (Å²) in [4.78, 5) is 36.3. The van der Waals surface area contributed by atoms with Gasteiger partial charge in [0.1, 0.15) is 16.6 Å². The highest BCUT2D eigenvalue weighted by atomic mass is 32.2. The Kier molecular flexibility index (Phi) is 6.94. The van der Waals surface area contributed by atoms with Gasteiger partial charge in [-0.2, -0.15) is 0 Å². The number of anilines is 2. The molecule has 0 heterocycles. The van der Waals surface area contributed by atoms with Crippen molar-refractivity contribution in [2.24, 2.45) is 0 Å². The van der Waals surface area contributed by atoms with Gasteiger partial charge in [-0.3, -0.25) is 9.59 Å². The number of rotatable bonds is 7. The van der Waals surface area contributed by atoms with Gasteiger partial charge in [0.25, 0.3) is 0 Å². The molecular formula is C23H20N2O5S. The molecule has 4 N–H and O–H groups in total. The summed E-state index contributed by atoms with van der Waals surface area (Å²) in [6, 6.07) is 20.2. The number of nitrogens with one attached hydrogen (secondary N) is 2. The van der Waals surface area contributed by atoms with Crippen LogP contribution in [-0.4, -0.2) is 28.0 Å². The van der Waals surface area contributed by atoms with Gasteiger partial charge in [-0.15, -0.1) is 11.8 Å². The zero-order valence-corrected chi connectivity index (χ0v) is 17.3. The number of phenols is 1. The van der Waals surface area contributed by atoms with Gasteiger partial charge in [0.2, 0.25) is 11.8 Å². The third kappa shape index (κ3) is 5.86. The summed E-state index contributed by atoms with van der Waals surface area (Å²) < 4.78 is 0. The first-order chi connectivity index (χ1) is 14.8. The van der Waals surface area contributed by atoms with Crippen LogP contribution in [-0.2, 0) is 9.59 Å². The largest absolute Gasteiger partial charge is 0.507 e. The van der Waals surface area contributed by atoms with Gasteiger partial charge in [-0.05, 0) is 48.0 Å². The number of hydrogen-bond donors (Lipinski definition) is 4. The topological polar surface area (TPSA) is 116 Å². The van der Waals surface area contributed by atoms with Crippen LogP contribution in [0.15, 0.2) is 77.7 Å². The number of carbonyl (C=O) groups is 3. The minimum absolute atomic E-state index is 0.170. The highest BCUT2D eigenvalue weighted by Gasteiger charge is 2.23. The van der Waals surface area contributed by atoms with E-state index in [1.165, 1.54) is 36.9 Å². The van der Waals surface area contributed by atoms with Gasteiger partial charge < -0.3 is 20.8 Å². The number of carboxylic acids is 1. The van der Waals surface area contributed by atoms with Gasteiger partial charge in [0.15, 0.2) is 0 Å². The van der Waals surface area contributed by atoms with Gasteiger partial charge in [-0.25, -0.2) is 4.79 Å². The van der Waals surface area contributed by atoms with Gasteiger partial charge >= 0.3 is 5.97 Å². The van der Waals surface area contributed by atoms with E-state index in [2.05, 4.69) is 10.6 Å². The van der Waals surface area contributed by atoms with Crippen LogP contribution in [0.2, 0.25) is 0 Å². The number of aromatic carboxylic acids is 1. The predicted octanol–water partition coefficient (Wildman–Crippen LogP) is 4.52. The molecule has 0 saturated heterocycles. The van der Waals surface area contributed by atoms with Crippen LogP contribution >= 0.6 is 11.8 Å². The normalized spacial score (nSPS) is 11.4. The minimum atomic E-state index is -1.29. The summed E-state index contributed by atoms with van der Waals surface area (Å²) in [7, 11) is 0. The van der Waals surface area contributed by atoms with Gasteiger partial charge in [-0.1, -0.05) is 30.3 Å². The Morgan fingerprint density at radius 1 is 0.871 bits per heavy atom. The van der Waals surface area contributed by atoms with Crippen LogP contribution in [0, 0.1) is 0 Å². The number of amides is 2. The molecule has 0 aliphatic carbocycles. The molecule has 1 atom stereocenters. The number of aromatic hydroxyl groups is 1. The maximum Gasteiger partial charge on any atom is 0.339 e. The summed E-state index contributed by atoms with van der Waals surface area (Å²) in [6.45, 7) is 1.43. The third-order valence-corrected chi connectivity index (χ3v) is 5.53. The fraction of sp³-hybridized carbons (Fsp3) is 0.0870. The van der Waals surface area contributed by atoms with Crippen LogP contribution in [0.25, 0.3) is 0 Å². The Labute approximate surface area is 183 Å². The molecule has 7 nitrogen and oxygen atoms in total. The third-order valence-electron chi connectivity index (χ3n) is 4.26. The van der Waals surface area contributed by atoms with Crippen molar-refractivity contribution in [2.75, 3.05) is 10.6 Å². The Morgan fingerprint density at radius 3 is 2.13 bits per heavy atom. The van der Waals surface area contributed by atoms with Crippen molar-refractivity contribution in [3.8, 4) is 5.75 Å². The predicted molar refractivity (Wildman–Crippen MR) is 119 cm³/mol. The maximum absolute atomic E-state index is 13.1. The van der Waals surface area contributed by atoms with E-state index >= 15 is 0 Å². The summed E-state index contributed by atoms with van der Waals surface area (Å²) >= 11 is 1.32. The van der Waals surface area contributed by atoms with E-state index in [1.807, 2.05) is 42.5 Å². The van der Waals surface area contributed by atoms with Crippen molar-refractivity contribution in [3.63, 3.8) is 0 Å². The first-order valence-corrected chi connectivity index (χ1v) is 10.2. The molecule has 0 aliphatic heterocycles. The lowest BCUT2D eigenvalue weighted by Crippen LogP contribution is -2.19. The standard InChI is InChI=1S/C23H20N2O5S/c1-14(26)24-16-7-10-18(11-8-16)31-21(15-5-3-2-4-6-15)22(28)25-17-9-12-20(27)19(13-17)23(29)30/h2-13,21,27H,1H3,(H,24,26)(H,25,28)(H,29,30). The molecule has 158 valence electrons. The first kappa shape index (κ1) is 21.9. The Hall–Kier alpha value is -3.78. The molecule has 0 radical (unpaired) electrons. The molecule has 31 heavy (non-hydrogen) atoms. The highest BCUT2D eigenvalue weighted by Crippen LogP contribution is 2.37. The second-order valence-electron chi connectivity index (χ2n) is 6.64. The lowest BCUT2D eigenvalue weighted by Gasteiger charge is -2.18. The highest BCUT2D eigenvalue weighted by molar-refractivity contribution is 8.00. The molecular weight excluding hydrogens is 416 g/mol. The van der Waals surface area contributed by atoms with Crippen molar-refractivity contribution in [3.05, 3.63) is 83.9 Å². The molecule has 0 spiro atoms.